The highest BCUT2D eigenvalue weighted by Crippen LogP contribution is 2.12. The molecule has 4 heteroatoms. The summed E-state index contributed by atoms with van der Waals surface area (Å²) in [7, 11) is 3.42. The number of benzene rings is 2. The van der Waals surface area contributed by atoms with Gasteiger partial charge >= 0.3 is 0 Å². The van der Waals surface area contributed by atoms with Crippen LogP contribution in [0.4, 0.5) is 5.69 Å². The first kappa shape index (κ1) is 16.7. The van der Waals surface area contributed by atoms with Gasteiger partial charge in [-0.15, -0.1) is 0 Å². The number of amides is 2. The summed E-state index contributed by atoms with van der Waals surface area (Å²) in [5.41, 5.74) is 3.54. The van der Waals surface area contributed by atoms with Gasteiger partial charge in [0.05, 0.1) is 6.42 Å². The first-order valence-corrected chi connectivity index (χ1v) is 7.69. The van der Waals surface area contributed by atoms with E-state index in [0.29, 0.717) is 17.7 Å². The quantitative estimate of drug-likeness (QED) is 0.922. The zero-order valence-corrected chi connectivity index (χ0v) is 13.8. The third kappa shape index (κ3) is 4.68. The predicted molar refractivity (Wildman–Crippen MR) is 92.6 cm³/mol. The normalized spacial score (nSPS) is 10.2. The van der Waals surface area contributed by atoms with E-state index in [9.17, 15) is 9.59 Å². The van der Waals surface area contributed by atoms with Crippen LogP contribution in [-0.2, 0) is 17.6 Å². The lowest BCUT2D eigenvalue weighted by atomic mass is 10.1. The lowest BCUT2D eigenvalue weighted by Crippen LogP contribution is -2.21. The molecule has 0 aliphatic carbocycles. The van der Waals surface area contributed by atoms with E-state index in [1.54, 1.807) is 38.4 Å². The molecule has 0 saturated carbocycles. The minimum absolute atomic E-state index is 0.0566. The molecule has 0 saturated heterocycles. The van der Waals surface area contributed by atoms with E-state index in [1.165, 1.54) is 10.5 Å². The van der Waals surface area contributed by atoms with Crippen LogP contribution in [0.1, 0.15) is 28.4 Å². The summed E-state index contributed by atoms with van der Waals surface area (Å²) < 4.78 is 0. The molecule has 23 heavy (non-hydrogen) atoms. The molecule has 0 unspecified atom stereocenters. The average molecular weight is 310 g/mol. The van der Waals surface area contributed by atoms with Crippen LogP contribution >= 0.6 is 0 Å². The average Bonchev–Trinajstić information content (AvgIpc) is 2.55. The maximum Gasteiger partial charge on any atom is 0.253 e. The molecule has 120 valence electrons. The molecule has 0 aliphatic heterocycles. The summed E-state index contributed by atoms with van der Waals surface area (Å²) in [6.45, 7) is 2.10. The number of hydrogen-bond donors (Lipinski definition) is 1. The Hall–Kier alpha value is -2.62. The summed E-state index contributed by atoms with van der Waals surface area (Å²) in [5.74, 6) is -0.125. The molecular weight excluding hydrogens is 288 g/mol. The van der Waals surface area contributed by atoms with Crippen molar-refractivity contribution in [3.63, 3.8) is 0 Å². The van der Waals surface area contributed by atoms with Crippen molar-refractivity contribution >= 4 is 17.5 Å². The molecule has 0 spiro atoms. The first-order chi connectivity index (χ1) is 11.0. The molecule has 0 aromatic heterocycles. The van der Waals surface area contributed by atoms with Gasteiger partial charge in [-0.05, 0) is 41.8 Å². The van der Waals surface area contributed by atoms with Gasteiger partial charge in [0.1, 0.15) is 0 Å². The predicted octanol–water partition coefficient (Wildman–Crippen LogP) is 3.13. The fourth-order valence-corrected chi connectivity index (χ4v) is 2.24. The van der Waals surface area contributed by atoms with Gasteiger partial charge in [0.25, 0.3) is 5.91 Å². The highest BCUT2D eigenvalue weighted by atomic mass is 16.2. The Balaban J connectivity index is 1.95. The molecule has 0 aliphatic rings. The number of carbonyl (C=O) groups is 2. The van der Waals surface area contributed by atoms with Crippen molar-refractivity contribution in [2.24, 2.45) is 0 Å². The Labute approximate surface area is 137 Å². The van der Waals surface area contributed by atoms with Crippen molar-refractivity contribution < 1.29 is 9.59 Å². The zero-order chi connectivity index (χ0) is 16.8. The van der Waals surface area contributed by atoms with E-state index in [2.05, 4.69) is 12.2 Å². The Morgan fingerprint density at radius 3 is 2.00 bits per heavy atom. The second-order valence-electron chi connectivity index (χ2n) is 5.67. The smallest absolute Gasteiger partial charge is 0.253 e. The van der Waals surface area contributed by atoms with Crippen molar-refractivity contribution in [2.45, 2.75) is 19.8 Å². The fourth-order valence-electron chi connectivity index (χ4n) is 2.24. The van der Waals surface area contributed by atoms with Crippen LogP contribution in [-0.4, -0.2) is 30.8 Å². The fraction of sp³-hybridized carbons (Fsp3) is 0.263. The van der Waals surface area contributed by atoms with Crippen LogP contribution in [0.2, 0.25) is 0 Å². The third-order valence-electron chi connectivity index (χ3n) is 3.62. The molecule has 0 bridgehead atoms. The Morgan fingerprint density at radius 2 is 1.48 bits per heavy atom. The molecule has 2 rings (SSSR count). The van der Waals surface area contributed by atoms with Gasteiger partial charge < -0.3 is 10.2 Å². The molecule has 1 N–H and O–H groups in total. The first-order valence-electron chi connectivity index (χ1n) is 7.69. The lowest BCUT2D eigenvalue weighted by molar-refractivity contribution is -0.115. The van der Waals surface area contributed by atoms with Crippen LogP contribution in [0, 0.1) is 0 Å². The second kappa shape index (κ2) is 7.58. The summed E-state index contributed by atoms with van der Waals surface area (Å²) in [4.78, 5) is 25.4. The second-order valence-corrected chi connectivity index (χ2v) is 5.67. The molecule has 2 amide bonds. The molecule has 0 atom stereocenters. The minimum Gasteiger partial charge on any atom is -0.345 e. The van der Waals surface area contributed by atoms with E-state index in [-0.39, 0.29) is 11.8 Å². The van der Waals surface area contributed by atoms with Gasteiger partial charge in [-0.25, -0.2) is 0 Å². The summed E-state index contributed by atoms with van der Waals surface area (Å²) in [5, 5.41) is 2.85. The third-order valence-corrected chi connectivity index (χ3v) is 3.62. The number of carbonyl (C=O) groups excluding carboxylic acids is 2. The van der Waals surface area contributed by atoms with Crippen LogP contribution in [0.3, 0.4) is 0 Å². The molecule has 2 aromatic carbocycles. The van der Waals surface area contributed by atoms with E-state index >= 15 is 0 Å². The van der Waals surface area contributed by atoms with E-state index in [1.807, 2.05) is 24.3 Å². The molecule has 0 fully saturated rings. The number of hydrogen-bond acceptors (Lipinski definition) is 2. The molecule has 0 heterocycles. The Morgan fingerprint density at radius 1 is 0.913 bits per heavy atom. The van der Waals surface area contributed by atoms with Gasteiger partial charge in [0.2, 0.25) is 5.91 Å². The van der Waals surface area contributed by atoms with Crippen molar-refractivity contribution in [1.82, 2.24) is 4.90 Å². The highest BCUT2D eigenvalue weighted by molar-refractivity contribution is 5.96. The number of anilines is 1. The van der Waals surface area contributed by atoms with E-state index in [0.717, 1.165) is 12.0 Å². The van der Waals surface area contributed by atoms with Gasteiger partial charge in [-0.1, -0.05) is 31.2 Å². The van der Waals surface area contributed by atoms with Crippen molar-refractivity contribution in [2.75, 3.05) is 19.4 Å². The number of rotatable bonds is 5. The summed E-state index contributed by atoms with van der Waals surface area (Å²) in [6, 6.07) is 15.0. The monoisotopic (exact) mass is 310 g/mol. The Kier molecular flexibility index (Phi) is 5.52. The van der Waals surface area contributed by atoms with Gasteiger partial charge in [-0.2, -0.15) is 0 Å². The molecule has 2 aromatic rings. The highest BCUT2D eigenvalue weighted by Gasteiger charge is 2.08. The van der Waals surface area contributed by atoms with E-state index in [4.69, 9.17) is 0 Å². The van der Waals surface area contributed by atoms with Gasteiger partial charge in [0.15, 0.2) is 0 Å². The number of nitrogens with zero attached hydrogens (tertiary/aromatic N) is 1. The van der Waals surface area contributed by atoms with Crippen molar-refractivity contribution in [3.8, 4) is 0 Å². The topological polar surface area (TPSA) is 49.4 Å². The maximum absolute atomic E-state index is 12.1. The van der Waals surface area contributed by atoms with Crippen LogP contribution in [0.15, 0.2) is 48.5 Å². The van der Waals surface area contributed by atoms with Crippen LogP contribution in [0.25, 0.3) is 0 Å². The SMILES string of the molecule is CCc1ccc(CC(=O)Nc2ccc(C(=O)N(C)C)cc2)cc1. The summed E-state index contributed by atoms with van der Waals surface area (Å²) in [6.07, 6.45) is 1.33. The van der Waals surface area contributed by atoms with Crippen molar-refractivity contribution in [3.05, 3.63) is 65.2 Å². The lowest BCUT2D eigenvalue weighted by Gasteiger charge is -2.11. The standard InChI is InChI=1S/C19H22N2O2/c1-4-14-5-7-15(8-6-14)13-18(22)20-17-11-9-16(10-12-17)19(23)21(2)3/h5-12H,4,13H2,1-3H3,(H,20,22). The van der Waals surface area contributed by atoms with Crippen LogP contribution < -0.4 is 5.32 Å². The maximum atomic E-state index is 12.1. The van der Waals surface area contributed by atoms with Gasteiger partial charge in [0, 0.05) is 25.3 Å². The molecule has 4 nitrogen and oxygen atoms in total. The largest absolute Gasteiger partial charge is 0.345 e. The zero-order valence-electron chi connectivity index (χ0n) is 13.8. The van der Waals surface area contributed by atoms with Gasteiger partial charge in [-0.3, -0.25) is 9.59 Å². The van der Waals surface area contributed by atoms with Crippen molar-refractivity contribution in [1.29, 1.82) is 0 Å². The minimum atomic E-state index is -0.0686. The molecular formula is C19H22N2O2. The summed E-state index contributed by atoms with van der Waals surface area (Å²) >= 11 is 0. The molecule has 0 radical (unpaired) electrons. The number of aryl methyl sites for hydroxylation is 1. The van der Waals surface area contributed by atoms with Crippen LogP contribution in [0.5, 0.6) is 0 Å². The van der Waals surface area contributed by atoms with E-state index < -0.39 is 0 Å². The number of nitrogens with one attached hydrogen (secondary N) is 1. The Bertz CT molecular complexity index is 674.